The first-order valence-corrected chi connectivity index (χ1v) is 8.36. The second-order valence-electron chi connectivity index (χ2n) is 5.61. The fraction of sp³-hybridized carbons (Fsp3) is 0.211. The van der Waals surface area contributed by atoms with Crippen molar-refractivity contribution < 1.29 is 9.63 Å². The summed E-state index contributed by atoms with van der Waals surface area (Å²) in [6, 6.07) is 17.3. The summed E-state index contributed by atoms with van der Waals surface area (Å²) in [6.45, 7) is 0.390. The predicted molar refractivity (Wildman–Crippen MR) is 95.9 cm³/mol. The molecule has 124 valence electrons. The Kier molecular flexibility index (Phi) is 5.64. The molecule has 1 atom stereocenters. The second kappa shape index (κ2) is 8.11. The Labute approximate surface area is 145 Å². The average Bonchev–Trinajstić information content (AvgIpc) is 3.04. The molecule has 24 heavy (non-hydrogen) atoms. The molecule has 2 N–H and O–H groups in total. The number of H-pyrrole nitrogens is 1. The summed E-state index contributed by atoms with van der Waals surface area (Å²) in [5, 5.41) is 1.11. The number of aromatic nitrogens is 1. The molecule has 0 unspecified atom stereocenters. The first-order valence-electron chi connectivity index (χ1n) is 7.83. The van der Waals surface area contributed by atoms with E-state index >= 15 is 0 Å². The van der Waals surface area contributed by atoms with Crippen LogP contribution in [0.25, 0.3) is 10.9 Å². The molecule has 3 rings (SSSR count). The molecule has 5 heteroatoms. The van der Waals surface area contributed by atoms with E-state index in [2.05, 4.69) is 10.5 Å². The van der Waals surface area contributed by atoms with Crippen LogP contribution in [0.1, 0.15) is 11.1 Å². The topological polar surface area (TPSA) is 54.1 Å². The van der Waals surface area contributed by atoms with Crippen molar-refractivity contribution in [1.82, 2.24) is 10.5 Å². The molecular weight excluding hydrogens is 324 g/mol. The van der Waals surface area contributed by atoms with Gasteiger partial charge in [-0.15, -0.1) is 11.6 Å². The lowest BCUT2D eigenvalue weighted by atomic mass is 10.0. The minimum Gasteiger partial charge on any atom is -0.361 e. The van der Waals surface area contributed by atoms with Crippen LogP contribution in [0.5, 0.6) is 0 Å². The maximum atomic E-state index is 12.1. The third kappa shape index (κ3) is 4.03. The van der Waals surface area contributed by atoms with Crippen LogP contribution in [-0.2, 0) is 22.7 Å². The number of aromatic amines is 1. The van der Waals surface area contributed by atoms with Gasteiger partial charge < -0.3 is 4.98 Å². The Hall–Kier alpha value is -2.14. The number of nitrogens with one attached hydrogen (secondary N) is 2. The maximum absolute atomic E-state index is 12.1. The van der Waals surface area contributed by atoms with E-state index in [4.69, 9.17) is 16.4 Å². The highest BCUT2D eigenvalue weighted by atomic mass is 35.5. The number of fused-ring (bicyclic) bond motifs is 1. The van der Waals surface area contributed by atoms with Crippen LogP contribution >= 0.6 is 11.6 Å². The molecule has 0 amide bonds. The number of halogens is 1. The van der Waals surface area contributed by atoms with Gasteiger partial charge in [-0.3, -0.25) is 9.63 Å². The number of alkyl halides is 1. The maximum Gasteiger partial charge on any atom is 0.167 e. The quantitative estimate of drug-likeness (QED) is 0.485. The summed E-state index contributed by atoms with van der Waals surface area (Å²) in [5.74, 6) is -0.135. The lowest BCUT2D eigenvalue weighted by Crippen LogP contribution is -2.39. The molecule has 1 heterocycles. The zero-order valence-electron chi connectivity index (χ0n) is 13.2. The van der Waals surface area contributed by atoms with Crippen LogP contribution in [0.3, 0.4) is 0 Å². The molecule has 0 saturated heterocycles. The summed E-state index contributed by atoms with van der Waals surface area (Å²) in [6.07, 6.45) is 2.45. The molecule has 3 aromatic rings. The van der Waals surface area contributed by atoms with Gasteiger partial charge in [0.15, 0.2) is 5.78 Å². The van der Waals surface area contributed by atoms with Crippen molar-refractivity contribution in [3.8, 4) is 0 Å². The van der Waals surface area contributed by atoms with Crippen LogP contribution in [0.2, 0.25) is 0 Å². The fourth-order valence-electron chi connectivity index (χ4n) is 2.63. The molecule has 0 aliphatic carbocycles. The zero-order chi connectivity index (χ0) is 16.8. The van der Waals surface area contributed by atoms with Crippen LogP contribution in [0, 0.1) is 0 Å². The monoisotopic (exact) mass is 342 g/mol. The van der Waals surface area contributed by atoms with Gasteiger partial charge in [0.25, 0.3) is 0 Å². The highest BCUT2D eigenvalue weighted by Gasteiger charge is 2.19. The Morgan fingerprint density at radius 1 is 1.12 bits per heavy atom. The molecule has 4 nitrogen and oxygen atoms in total. The van der Waals surface area contributed by atoms with E-state index in [0.717, 1.165) is 22.0 Å². The molecule has 0 aliphatic rings. The number of rotatable bonds is 8. The number of para-hydroxylation sites is 1. The van der Waals surface area contributed by atoms with Gasteiger partial charge in [-0.25, -0.2) is 0 Å². The smallest absolute Gasteiger partial charge is 0.167 e. The van der Waals surface area contributed by atoms with Crippen molar-refractivity contribution in [3.63, 3.8) is 0 Å². The van der Waals surface area contributed by atoms with Crippen molar-refractivity contribution in [3.05, 3.63) is 71.9 Å². The van der Waals surface area contributed by atoms with E-state index in [9.17, 15) is 4.79 Å². The standard InChI is InChI=1S/C19H19ClN2O2/c20-11-19(23)18(22-24-13-14-6-2-1-3-7-14)10-15-12-21-17-9-5-4-8-16(15)17/h1-9,12,18,21-22H,10-11,13H2/t18-/m0/s1. The molecule has 0 radical (unpaired) electrons. The molecule has 1 aromatic heterocycles. The second-order valence-corrected chi connectivity index (χ2v) is 5.88. The van der Waals surface area contributed by atoms with Crippen molar-refractivity contribution in [2.24, 2.45) is 0 Å². The normalized spacial score (nSPS) is 12.4. The van der Waals surface area contributed by atoms with Crippen LogP contribution in [0.4, 0.5) is 0 Å². The molecule has 0 spiro atoms. The van der Waals surface area contributed by atoms with Crippen LogP contribution < -0.4 is 5.48 Å². The van der Waals surface area contributed by atoms with Gasteiger partial charge in [-0.2, -0.15) is 5.48 Å². The van der Waals surface area contributed by atoms with E-state index in [1.807, 2.05) is 60.8 Å². The van der Waals surface area contributed by atoms with Crippen molar-refractivity contribution in [2.45, 2.75) is 19.1 Å². The number of carbonyl (C=O) groups excluding carboxylic acids is 1. The molecule has 0 aliphatic heterocycles. The number of ketones is 1. The van der Waals surface area contributed by atoms with Gasteiger partial charge in [0.2, 0.25) is 0 Å². The Bertz CT molecular complexity index is 801. The number of hydrogen-bond donors (Lipinski definition) is 2. The summed E-state index contributed by atoms with van der Waals surface area (Å²) in [5.41, 5.74) is 6.02. The Morgan fingerprint density at radius 3 is 2.67 bits per heavy atom. The van der Waals surface area contributed by atoms with E-state index in [0.29, 0.717) is 13.0 Å². The zero-order valence-corrected chi connectivity index (χ0v) is 13.9. The highest BCUT2D eigenvalue weighted by molar-refractivity contribution is 6.28. The number of Topliss-reactive ketones (excluding diaryl/α,β-unsaturated/α-hetero) is 1. The number of carbonyl (C=O) groups is 1. The van der Waals surface area contributed by atoms with Crippen molar-refractivity contribution in [1.29, 1.82) is 0 Å². The number of hydrogen-bond acceptors (Lipinski definition) is 3. The third-order valence-corrected chi connectivity index (χ3v) is 4.19. The SMILES string of the molecule is O=C(CCl)[C@H](Cc1c[nH]c2ccccc12)NOCc1ccccc1. The minimum atomic E-state index is -0.481. The van der Waals surface area contributed by atoms with E-state index in [-0.39, 0.29) is 11.7 Å². The first-order chi connectivity index (χ1) is 11.8. The van der Waals surface area contributed by atoms with Gasteiger partial charge >= 0.3 is 0 Å². The Morgan fingerprint density at radius 2 is 1.88 bits per heavy atom. The molecule has 2 aromatic carbocycles. The molecule has 0 fully saturated rings. The third-order valence-electron chi connectivity index (χ3n) is 3.93. The van der Waals surface area contributed by atoms with E-state index in [1.165, 1.54) is 0 Å². The van der Waals surface area contributed by atoms with Gasteiger partial charge in [0.05, 0.1) is 18.5 Å². The molecule has 0 bridgehead atoms. The van der Waals surface area contributed by atoms with Gasteiger partial charge in [0.1, 0.15) is 0 Å². The van der Waals surface area contributed by atoms with E-state index in [1.54, 1.807) is 0 Å². The predicted octanol–water partition coefficient (Wildman–Crippen LogP) is 3.61. The average molecular weight is 343 g/mol. The number of benzene rings is 2. The molecular formula is C19H19ClN2O2. The van der Waals surface area contributed by atoms with Gasteiger partial charge in [-0.05, 0) is 23.6 Å². The molecule has 0 saturated carbocycles. The fourth-order valence-corrected chi connectivity index (χ4v) is 2.82. The summed E-state index contributed by atoms with van der Waals surface area (Å²) in [7, 11) is 0. The summed E-state index contributed by atoms with van der Waals surface area (Å²) >= 11 is 5.75. The Balaban J connectivity index is 1.66. The van der Waals surface area contributed by atoms with Gasteiger partial charge in [-0.1, -0.05) is 48.5 Å². The lowest BCUT2D eigenvalue weighted by Gasteiger charge is -2.16. The highest BCUT2D eigenvalue weighted by Crippen LogP contribution is 2.19. The van der Waals surface area contributed by atoms with E-state index < -0.39 is 6.04 Å². The van der Waals surface area contributed by atoms with Gasteiger partial charge in [0, 0.05) is 17.1 Å². The van der Waals surface area contributed by atoms with Crippen molar-refractivity contribution in [2.75, 3.05) is 5.88 Å². The summed E-state index contributed by atoms with van der Waals surface area (Å²) < 4.78 is 0. The van der Waals surface area contributed by atoms with Crippen molar-refractivity contribution >= 4 is 28.3 Å². The number of hydroxylamine groups is 1. The van der Waals surface area contributed by atoms with Crippen LogP contribution in [-0.4, -0.2) is 22.7 Å². The van der Waals surface area contributed by atoms with Crippen LogP contribution in [0.15, 0.2) is 60.8 Å². The largest absolute Gasteiger partial charge is 0.361 e. The lowest BCUT2D eigenvalue weighted by molar-refractivity contribution is -0.123. The first kappa shape index (κ1) is 16.7. The summed E-state index contributed by atoms with van der Waals surface area (Å²) in [4.78, 5) is 20.9. The minimum absolute atomic E-state index is 0.0469.